The van der Waals surface area contributed by atoms with Crippen molar-refractivity contribution in [3.63, 3.8) is 0 Å². The van der Waals surface area contributed by atoms with Gasteiger partial charge in [0.05, 0.1) is 5.71 Å². The lowest BCUT2D eigenvalue weighted by Crippen LogP contribution is -2.20. The first-order valence-electron chi connectivity index (χ1n) is 7.96. The molecule has 2 aromatic rings. The molecule has 0 saturated carbocycles. The van der Waals surface area contributed by atoms with Gasteiger partial charge < -0.3 is 5.32 Å². The summed E-state index contributed by atoms with van der Waals surface area (Å²) in [5.74, 6) is -0.350. The molecule has 0 fully saturated rings. The van der Waals surface area contributed by atoms with Crippen molar-refractivity contribution >= 4 is 23.2 Å². The van der Waals surface area contributed by atoms with E-state index in [1.54, 1.807) is 31.2 Å². The second kappa shape index (κ2) is 8.62. The number of nitrogens with zero attached hydrogens (tertiary/aromatic N) is 1. The Hall–Kier alpha value is -2.95. The second-order valence-corrected chi connectivity index (χ2v) is 5.20. The molecule has 24 heavy (non-hydrogen) atoms. The molecule has 0 bridgehead atoms. The summed E-state index contributed by atoms with van der Waals surface area (Å²) in [6.45, 7) is 3.77. The van der Waals surface area contributed by atoms with Crippen LogP contribution in [0.1, 0.15) is 42.6 Å². The van der Waals surface area contributed by atoms with Crippen LogP contribution in [0.5, 0.6) is 0 Å². The lowest BCUT2D eigenvalue weighted by molar-refractivity contribution is -0.115. The van der Waals surface area contributed by atoms with Gasteiger partial charge in [0.2, 0.25) is 5.91 Å². The topological polar surface area (TPSA) is 70.6 Å². The van der Waals surface area contributed by atoms with Gasteiger partial charge in [-0.15, -0.1) is 0 Å². The predicted molar refractivity (Wildman–Crippen MR) is 96.1 cm³/mol. The van der Waals surface area contributed by atoms with E-state index in [1.165, 1.54) is 0 Å². The molecule has 0 atom stereocenters. The zero-order valence-corrected chi connectivity index (χ0v) is 13.9. The monoisotopic (exact) mass is 323 g/mol. The number of hydrogen-bond donors (Lipinski definition) is 2. The molecule has 0 radical (unpaired) electrons. The summed E-state index contributed by atoms with van der Waals surface area (Å²) in [6, 6.07) is 16.4. The Bertz CT molecular complexity index is 722. The SMILES string of the molecule is CCC(=O)Nc1ccc(C(=O)N/N=C(\CC)c2ccccc2)cc1. The van der Waals surface area contributed by atoms with Gasteiger partial charge in [0.1, 0.15) is 0 Å². The fraction of sp³-hybridized carbons (Fsp3) is 0.211. The van der Waals surface area contributed by atoms with Crippen molar-refractivity contribution in [2.24, 2.45) is 5.10 Å². The Labute approximate surface area is 141 Å². The van der Waals surface area contributed by atoms with E-state index in [4.69, 9.17) is 0 Å². The Kier molecular flexibility index (Phi) is 6.25. The molecule has 5 heteroatoms. The number of hydrogen-bond acceptors (Lipinski definition) is 3. The minimum Gasteiger partial charge on any atom is -0.326 e. The maximum Gasteiger partial charge on any atom is 0.271 e. The van der Waals surface area contributed by atoms with Gasteiger partial charge in [-0.1, -0.05) is 44.2 Å². The van der Waals surface area contributed by atoms with E-state index in [9.17, 15) is 9.59 Å². The van der Waals surface area contributed by atoms with Crippen molar-refractivity contribution < 1.29 is 9.59 Å². The number of carbonyl (C=O) groups is 2. The van der Waals surface area contributed by atoms with E-state index in [0.717, 1.165) is 11.3 Å². The van der Waals surface area contributed by atoms with Crippen LogP contribution in [0.2, 0.25) is 0 Å². The minimum atomic E-state index is -0.287. The van der Waals surface area contributed by atoms with E-state index >= 15 is 0 Å². The zero-order chi connectivity index (χ0) is 17.4. The Morgan fingerprint density at radius 3 is 2.12 bits per heavy atom. The lowest BCUT2D eigenvalue weighted by Gasteiger charge is -2.06. The molecule has 124 valence electrons. The Morgan fingerprint density at radius 1 is 0.875 bits per heavy atom. The van der Waals surface area contributed by atoms with Crippen LogP contribution < -0.4 is 10.7 Å². The number of amides is 2. The Balaban J connectivity index is 2.04. The first kappa shape index (κ1) is 17.4. The highest BCUT2D eigenvalue weighted by Gasteiger charge is 2.07. The summed E-state index contributed by atoms with van der Waals surface area (Å²) in [5.41, 5.74) is 5.53. The van der Waals surface area contributed by atoms with Crippen molar-refractivity contribution in [3.8, 4) is 0 Å². The fourth-order valence-electron chi connectivity index (χ4n) is 2.12. The number of benzene rings is 2. The molecule has 0 unspecified atom stereocenters. The van der Waals surface area contributed by atoms with Crippen LogP contribution in [-0.2, 0) is 4.79 Å². The maximum absolute atomic E-state index is 12.2. The van der Waals surface area contributed by atoms with Gasteiger partial charge in [0.15, 0.2) is 0 Å². The van der Waals surface area contributed by atoms with Crippen molar-refractivity contribution in [2.45, 2.75) is 26.7 Å². The van der Waals surface area contributed by atoms with Gasteiger partial charge in [-0.05, 0) is 36.2 Å². The largest absolute Gasteiger partial charge is 0.326 e. The summed E-state index contributed by atoms with van der Waals surface area (Å²) in [7, 11) is 0. The van der Waals surface area contributed by atoms with Crippen molar-refractivity contribution in [2.75, 3.05) is 5.32 Å². The highest BCUT2D eigenvalue weighted by Crippen LogP contribution is 2.10. The van der Waals surface area contributed by atoms with Crippen LogP contribution in [0.4, 0.5) is 5.69 Å². The van der Waals surface area contributed by atoms with Gasteiger partial charge in [0, 0.05) is 17.7 Å². The summed E-state index contributed by atoms with van der Waals surface area (Å²) < 4.78 is 0. The van der Waals surface area contributed by atoms with Gasteiger partial charge in [0.25, 0.3) is 5.91 Å². The summed E-state index contributed by atoms with van der Waals surface area (Å²) in [5, 5.41) is 6.96. The van der Waals surface area contributed by atoms with Crippen LogP contribution in [0.15, 0.2) is 59.7 Å². The number of rotatable bonds is 6. The van der Waals surface area contributed by atoms with Gasteiger partial charge in [-0.3, -0.25) is 9.59 Å². The minimum absolute atomic E-state index is 0.0627. The van der Waals surface area contributed by atoms with E-state index in [2.05, 4.69) is 15.8 Å². The van der Waals surface area contributed by atoms with Crippen molar-refractivity contribution in [1.29, 1.82) is 0 Å². The van der Waals surface area contributed by atoms with Crippen molar-refractivity contribution in [1.82, 2.24) is 5.43 Å². The molecule has 0 aromatic heterocycles. The molecule has 0 aliphatic heterocycles. The molecule has 0 aliphatic carbocycles. The molecule has 5 nitrogen and oxygen atoms in total. The maximum atomic E-state index is 12.2. The summed E-state index contributed by atoms with van der Waals surface area (Å²) in [4.78, 5) is 23.5. The molecule has 2 amide bonds. The van der Waals surface area contributed by atoms with Crippen LogP contribution in [0.3, 0.4) is 0 Å². The van der Waals surface area contributed by atoms with Crippen LogP contribution >= 0.6 is 0 Å². The molecule has 2 rings (SSSR count). The number of anilines is 1. The highest BCUT2D eigenvalue weighted by molar-refractivity contribution is 6.02. The normalized spacial score (nSPS) is 11.0. The third kappa shape index (κ3) is 4.78. The molecular formula is C19H21N3O2. The average molecular weight is 323 g/mol. The van der Waals surface area contributed by atoms with Crippen LogP contribution in [0.25, 0.3) is 0 Å². The smallest absolute Gasteiger partial charge is 0.271 e. The molecule has 2 N–H and O–H groups in total. The van der Waals surface area contributed by atoms with E-state index < -0.39 is 0 Å². The summed E-state index contributed by atoms with van der Waals surface area (Å²) in [6.07, 6.45) is 1.13. The molecule has 0 spiro atoms. The van der Waals surface area contributed by atoms with Crippen LogP contribution in [0, 0.1) is 0 Å². The fourth-order valence-corrected chi connectivity index (χ4v) is 2.12. The first-order chi connectivity index (χ1) is 11.6. The molecule has 0 saturated heterocycles. The zero-order valence-electron chi connectivity index (χ0n) is 13.9. The lowest BCUT2D eigenvalue weighted by atomic mass is 10.1. The second-order valence-electron chi connectivity index (χ2n) is 5.20. The molecule has 0 heterocycles. The molecule has 2 aromatic carbocycles. The number of carbonyl (C=O) groups excluding carboxylic acids is 2. The van der Waals surface area contributed by atoms with Gasteiger partial charge in [-0.2, -0.15) is 5.10 Å². The van der Waals surface area contributed by atoms with Gasteiger partial charge >= 0.3 is 0 Å². The average Bonchev–Trinajstić information content (AvgIpc) is 2.63. The summed E-state index contributed by atoms with van der Waals surface area (Å²) >= 11 is 0. The third-order valence-corrected chi connectivity index (χ3v) is 3.49. The van der Waals surface area contributed by atoms with E-state index in [1.807, 2.05) is 37.3 Å². The molecule has 0 aliphatic rings. The number of nitrogens with one attached hydrogen (secondary N) is 2. The Morgan fingerprint density at radius 2 is 1.54 bits per heavy atom. The first-order valence-corrected chi connectivity index (χ1v) is 7.96. The molecular weight excluding hydrogens is 302 g/mol. The standard InChI is InChI=1S/C19H21N3O2/c1-3-17(14-8-6-5-7-9-14)21-22-19(24)15-10-12-16(13-11-15)20-18(23)4-2/h5-13H,3-4H2,1-2H3,(H,20,23)(H,22,24)/b21-17+. The predicted octanol–water partition coefficient (Wildman–Crippen LogP) is 3.58. The quantitative estimate of drug-likeness (QED) is 0.630. The van der Waals surface area contributed by atoms with Gasteiger partial charge in [-0.25, -0.2) is 5.43 Å². The number of hydrazone groups is 1. The van der Waals surface area contributed by atoms with Crippen molar-refractivity contribution in [3.05, 3.63) is 65.7 Å². The third-order valence-electron chi connectivity index (χ3n) is 3.49. The van der Waals surface area contributed by atoms with E-state index in [-0.39, 0.29) is 11.8 Å². The highest BCUT2D eigenvalue weighted by atomic mass is 16.2. The van der Waals surface area contributed by atoms with Crippen LogP contribution in [-0.4, -0.2) is 17.5 Å². The van der Waals surface area contributed by atoms with E-state index in [0.29, 0.717) is 24.1 Å².